The minimum atomic E-state index is -0.940. The van der Waals surface area contributed by atoms with E-state index < -0.39 is 17.9 Å². The first-order chi connectivity index (χ1) is 9.95. The Bertz CT molecular complexity index is 561. The van der Waals surface area contributed by atoms with Crippen molar-refractivity contribution >= 4 is 11.9 Å². The summed E-state index contributed by atoms with van der Waals surface area (Å²) in [6.07, 6.45) is 0. The molecule has 0 aromatic carbocycles. The Morgan fingerprint density at radius 3 is 2.71 bits per heavy atom. The molecule has 7 heteroatoms. The number of carbonyl (C=O) groups excluding carboxylic acids is 1. The van der Waals surface area contributed by atoms with Crippen molar-refractivity contribution in [3.05, 3.63) is 23.0 Å². The van der Waals surface area contributed by atoms with Crippen molar-refractivity contribution in [3.8, 4) is 0 Å². The molecule has 1 amide bonds. The molecule has 1 N–H and O–H groups in total. The molecule has 2 unspecified atom stereocenters. The molecule has 1 fully saturated rings. The van der Waals surface area contributed by atoms with E-state index in [0.29, 0.717) is 23.5 Å². The third kappa shape index (κ3) is 3.02. The van der Waals surface area contributed by atoms with Gasteiger partial charge in [-0.15, -0.1) is 0 Å². The predicted octanol–water partition coefficient (Wildman–Crippen LogP) is 0.655. The zero-order chi connectivity index (χ0) is 15.6. The van der Waals surface area contributed by atoms with Crippen molar-refractivity contribution in [3.63, 3.8) is 0 Å². The van der Waals surface area contributed by atoms with Crippen LogP contribution in [0.2, 0.25) is 0 Å². The third-order valence-corrected chi connectivity index (χ3v) is 3.70. The summed E-state index contributed by atoms with van der Waals surface area (Å²) in [7, 11) is 0. The number of likely N-dealkylation sites (N-methyl/N-ethyl adjacent to an activating group) is 1. The van der Waals surface area contributed by atoms with Gasteiger partial charge in [0.2, 0.25) is 0 Å². The van der Waals surface area contributed by atoms with Crippen LogP contribution in [0.1, 0.15) is 28.7 Å². The first kappa shape index (κ1) is 15.4. The van der Waals surface area contributed by atoms with E-state index in [2.05, 4.69) is 10.2 Å². The smallest absolute Gasteiger partial charge is 0.311 e. The van der Waals surface area contributed by atoms with Gasteiger partial charge in [0.25, 0.3) is 5.91 Å². The molecular weight excluding hydrogens is 274 g/mol. The number of aliphatic carboxylic acids is 1. The fourth-order valence-corrected chi connectivity index (χ4v) is 2.54. The van der Waals surface area contributed by atoms with Crippen LogP contribution in [0.3, 0.4) is 0 Å². The van der Waals surface area contributed by atoms with Gasteiger partial charge in [0.1, 0.15) is 5.92 Å². The summed E-state index contributed by atoms with van der Waals surface area (Å²) in [6.45, 7) is 6.10. The van der Waals surface area contributed by atoms with E-state index >= 15 is 0 Å². The molecule has 1 aromatic heterocycles. The maximum absolute atomic E-state index is 12.7. The van der Waals surface area contributed by atoms with E-state index in [-0.39, 0.29) is 19.1 Å². The van der Waals surface area contributed by atoms with Crippen LogP contribution >= 0.6 is 0 Å². The van der Waals surface area contributed by atoms with Crippen molar-refractivity contribution in [1.82, 2.24) is 15.1 Å². The number of hydrogen-bond donors (Lipinski definition) is 1. The largest absolute Gasteiger partial charge is 0.481 e. The van der Waals surface area contributed by atoms with Crippen LogP contribution in [0.15, 0.2) is 6.07 Å². The molecule has 7 nitrogen and oxygen atoms in total. The Morgan fingerprint density at radius 1 is 1.38 bits per heavy atom. The zero-order valence-corrected chi connectivity index (χ0v) is 12.4. The van der Waals surface area contributed by atoms with Gasteiger partial charge in [0, 0.05) is 6.54 Å². The lowest BCUT2D eigenvalue weighted by molar-refractivity contribution is -0.142. The summed E-state index contributed by atoms with van der Waals surface area (Å²) < 4.78 is 5.25. The Balaban J connectivity index is 2.30. The van der Waals surface area contributed by atoms with Gasteiger partial charge in [-0.25, -0.2) is 0 Å². The molecule has 1 aliphatic heterocycles. The molecule has 1 saturated heterocycles. The highest BCUT2D eigenvalue weighted by atomic mass is 16.5. The van der Waals surface area contributed by atoms with Crippen molar-refractivity contribution in [1.29, 1.82) is 0 Å². The summed E-state index contributed by atoms with van der Waals surface area (Å²) in [6, 6.07) is 1.23. The van der Waals surface area contributed by atoms with Crippen molar-refractivity contribution in [2.45, 2.75) is 26.8 Å². The summed E-state index contributed by atoms with van der Waals surface area (Å²) in [4.78, 5) is 25.5. The molecule has 114 valence electrons. The molecule has 1 aromatic rings. The van der Waals surface area contributed by atoms with Crippen LogP contribution in [0.25, 0.3) is 0 Å². The van der Waals surface area contributed by atoms with Gasteiger partial charge in [0.05, 0.1) is 36.2 Å². The van der Waals surface area contributed by atoms with Crippen molar-refractivity contribution in [2.24, 2.45) is 5.92 Å². The molecular formula is C14H19N3O4. The molecule has 0 radical (unpaired) electrons. The first-order valence-corrected chi connectivity index (χ1v) is 6.88. The van der Waals surface area contributed by atoms with Crippen LogP contribution in [0.5, 0.6) is 0 Å². The van der Waals surface area contributed by atoms with Gasteiger partial charge in [-0.3, -0.25) is 9.59 Å². The van der Waals surface area contributed by atoms with Crippen LogP contribution in [-0.4, -0.2) is 57.9 Å². The average molecular weight is 293 g/mol. The second-order valence-electron chi connectivity index (χ2n) is 5.13. The monoisotopic (exact) mass is 293 g/mol. The van der Waals surface area contributed by atoms with E-state index in [1.165, 1.54) is 0 Å². The van der Waals surface area contributed by atoms with Crippen LogP contribution < -0.4 is 0 Å². The normalized spacial score (nSPS) is 21.3. The van der Waals surface area contributed by atoms with Crippen LogP contribution in [0.4, 0.5) is 0 Å². The SMILES string of the molecule is CCN(C(=O)c1cc(C)nnc1C)C1COCC1C(=O)O. The number of carboxylic acids is 1. The standard InChI is InChI=1S/C14H19N3O4/c1-4-17(12-7-21-6-11(12)14(19)20)13(18)10-5-8(2)15-16-9(10)3/h5,11-12H,4,6-7H2,1-3H3,(H,19,20). The van der Waals surface area contributed by atoms with E-state index in [4.69, 9.17) is 4.74 Å². The van der Waals surface area contributed by atoms with Crippen molar-refractivity contribution < 1.29 is 19.4 Å². The topological polar surface area (TPSA) is 92.6 Å². The number of nitrogens with zero attached hydrogens (tertiary/aromatic N) is 3. The molecule has 2 rings (SSSR count). The van der Waals surface area contributed by atoms with Crippen LogP contribution in [-0.2, 0) is 9.53 Å². The molecule has 0 spiro atoms. The number of ether oxygens (including phenoxy) is 1. The molecule has 0 saturated carbocycles. The number of carbonyl (C=O) groups is 2. The number of carboxylic acid groups (broad SMARTS) is 1. The minimum Gasteiger partial charge on any atom is -0.481 e. The highest BCUT2D eigenvalue weighted by Gasteiger charge is 2.40. The van der Waals surface area contributed by atoms with Gasteiger partial charge in [-0.1, -0.05) is 0 Å². The fraction of sp³-hybridized carbons (Fsp3) is 0.571. The minimum absolute atomic E-state index is 0.135. The predicted molar refractivity (Wildman–Crippen MR) is 73.9 cm³/mol. The Kier molecular flexibility index (Phi) is 4.52. The van der Waals surface area contributed by atoms with E-state index in [1.807, 2.05) is 6.92 Å². The molecule has 2 heterocycles. The Morgan fingerprint density at radius 2 is 2.10 bits per heavy atom. The Labute approximate surface area is 122 Å². The molecule has 1 aliphatic rings. The van der Waals surface area contributed by atoms with Crippen molar-refractivity contribution in [2.75, 3.05) is 19.8 Å². The number of amides is 1. The van der Waals surface area contributed by atoms with E-state index in [1.54, 1.807) is 24.8 Å². The summed E-state index contributed by atoms with van der Waals surface area (Å²) in [5.41, 5.74) is 1.65. The van der Waals surface area contributed by atoms with Gasteiger partial charge >= 0.3 is 5.97 Å². The molecule has 2 atom stereocenters. The maximum Gasteiger partial charge on any atom is 0.311 e. The van der Waals surface area contributed by atoms with E-state index in [9.17, 15) is 14.7 Å². The zero-order valence-electron chi connectivity index (χ0n) is 12.4. The molecule has 0 bridgehead atoms. The quantitative estimate of drug-likeness (QED) is 0.876. The van der Waals surface area contributed by atoms with Gasteiger partial charge in [0.15, 0.2) is 0 Å². The second-order valence-corrected chi connectivity index (χ2v) is 5.13. The summed E-state index contributed by atoms with van der Waals surface area (Å²) >= 11 is 0. The van der Waals surface area contributed by atoms with Gasteiger partial charge < -0.3 is 14.7 Å². The van der Waals surface area contributed by atoms with Gasteiger partial charge in [-0.05, 0) is 26.8 Å². The number of aromatic nitrogens is 2. The Hall–Kier alpha value is -2.02. The number of hydrogen-bond acceptors (Lipinski definition) is 5. The maximum atomic E-state index is 12.7. The summed E-state index contributed by atoms with van der Waals surface area (Å²) in [5.74, 6) is -1.86. The molecule has 21 heavy (non-hydrogen) atoms. The lowest BCUT2D eigenvalue weighted by Crippen LogP contribution is -2.46. The lowest BCUT2D eigenvalue weighted by atomic mass is 10.0. The fourth-order valence-electron chi connectivity index (χ4n) is 2.54. The number of rotatable bonds is 4. The third-order valence-electron chi connectivity index (χ3n) is 3.70. The highest BCUT2D eigenvalue weighted by molar-refractivity contribution is 5.95. The number of aryl methyl sites for hydroxylation is 2. The lowest BCUT2D eigenvalue weighted by Gasteiger charge is -2.29. The second kappa shape index (κ2) is 6.17. The molecule has 0 aliphatic carbocycles. The summed E-state index contributed by atoms with van der Waals surface area (Å²) in [5, 5.41) is 17.1. The first-order valence-electron chi connectivity index (χ1n) is 6.88. The van der Waals surface area contributed by atoms with Crippen LogP contribution in [0, 0.1) is 19.8 Å². The average Bonchev–Trinajstić information content (AvgIpc) is 2.91. The highest BCUT2D eigenvalue weighted by Crippen LogP contribution is 2.22. The van der Waals surface area contributed by atoms with E-state index in [0.717, 1.165) is 0 Å². The van der Waals surface area contributed by atoms with Gasteiger partial charge in [-0.2, -0.15) is 10.2 Å².